The fourth-order valence-corrected chi connectivity index (χ4v) is 3.78. The molecule has 0 saturated heterocycles. The van der Waals surface area contributed by atoms with Crippen LogP contribution in [-0.2, 0) is 16.1 Å². The molecule has 2 N–H and O–H groups in total. The van der Waals surface area contributed by atoms with Crippen molar-refractivity contribution in [2.75, 3.05) is 13.1 Å². The summed E-state index contributed by atoms with van der Waals surface area (Å²) in [7, 11) is 0. The summed E-state index contributed by atoms with van der Waals surface area (Å²) in [4.78, 5) is 43.5. The monoisotopic (exact) mass is 395 g/mol. The van der Waals surface area contributed by atoms with Gasteiger partial charge in [0.2, 0.25) is 11.8 Å². The molecule has 152 valence electrons. The topological polar surface area (TPSA) is 96.3 Å². The summed E-state index contributed by atoms with van der Waals surface area (Å²) >= 11 is 0. The van der Waals surface area contributed by atoms with E-state index >= 15 is 0 Å². The van der Waals surface area contributed by atoms with Crippen LogP contribution in [0.1, 0.15) is 47.1 Å². The van der Waals surface area contributed by atoms with E-state index in [1.165, 1.54) is 0 Å². The van der Waals surface area contributed by atoms with Crippen molar-refractivity contribution in [3.8, 4) is 0 Å². The number of fused-ring (bicyclic) bond motifs is 1. The van der Waals surface area contributed by atoms with Crippen molar-refractivity contribution in [1.82, 2.24) is 25.1 Å². The third-order valence-electron chi connectivity index (χ3n) is 5.43. The molecule has 0 bridgehead atoms. The highest BCUT2D eigenvalue weighted by Gasteiger charge is 2.47. The van der Waals surface area contributed by atoms with Crippen LogP contribution < -0.4 is 10.6 Å². The number of rotatable bonds is 8. The fraction of sp³-hybridized carbons (Fsp3) is 0.429. The quantitative estimate of drug-likeness (QED) is 0.656. The van der Waals surface area contributed by atoms with E-state index in [9.17, 15) is 14.4 Å². The van der Waals surface area contributed by atoms with Crippen molar-refractivity contribution in [3.63, 3.8) is 0 Å². The van der Waals surface area contributed by atoms with Gasteiger partial charge in [0.15, 0.2) is 0 Å². The normalized spacial score (nSPS) is 17.9. The molecule has 8 heteroatoms. The van der Waals surface area contributed by atoms with E-state index in [1.54, 1.807) is 23.2 Å². The minimum absolute atomic E-state index is 0.0949. The average Bonchev–Trinajstić information content (AvgIpc) is 3.41. The van der Waals surface area contributed by atoms with Crippen LogP contribution in [0.15, 0.2) is 36.7 Å². The Bertz CT molecular complexity index is 934. The molecule has 1 unspecified atom stereocenters. The van der Waals surface area contributed by atoms with E-state index in [0.717, 1.165) is 37.2 Å². The molecule has 2 heterocycles. The van der Waals surface area contributed by atoms with Crippen molar-refractivity contribution in [2.45, 2.75) is 44.8 Å². The Balaban J connectivity index is 1.28. The molecule has 0 radical (unpaired) electrons. The number of carbonyl (C=O) groups excluding carboxylic acids is 3. The lowest BCUT2D eigenvalue weighted by Crippen LogP contribution is -2.44. The van der Waals surface area contributed by atoms with Crippen molar-refractivity contribution >= 4 is 17.7 Å². The summed E-state index contributed by atoms with van der Waals surface area (Å²) in [6.45, 7) is 3.13. The minimum Gasteiger partial charge on any atom is -0.355 e. The van der Waals surface area contributed by atoms with Gasteiger partial charge in [-0.05, 0) is 37.8 Å². The van der Waals surface area contributed by atoms with Gasteiger partial charge in [0.05, 0.1) is 6.54 Å². The van der Waals surface area contributed by atoms with Gasteiger partial charge in [-0.1, -0.05) is 18.2 Å². The SMILES string of the molecule is Cc1nccn1CCCNC(=O)CNC(=O)C1c2ccccc2C(=O)N1C1CC1. The molecule has 8 nitrogen and oxygen atoms in total. The Morgan fingerprint density at radius 1 is 1.21 bits per heavy atom. The molecular formula is C21H25N5O3. The van der Waals surface area contributed by atoms with E-state index in [-0.39, 0.29) is 30.3 Å². The molecule has 2 aliphatic rings. The van der Waals surface area contributed by atoms with E-state index in [2.05, 4.69) is 15.6 Å². The predicted octanol–water partition coefficient (Wildman–Crippen LogP) is 1.17. The van der Waals surface area contributed by atoms with Gasteiger partial charge in [0, 0.05) is 37.1 Å². The van der Waals surface area contributed by atoms with Crippen LogP contribution in [0.25, 0.3) is 0 Å². The van der Waals surface area contributed by atoms with Crippen LogP contribution in [0.3, 0.4) is 0 Å². The largest absolute Gasteiger partial charge is 0.355 e. The number of amides is 3. The summed E-state index contributed by atoms with van der Waals surface area (Å²) in [5, 5.41) is 5.52. The third-order valence-corrected chi connectivity index (χ3v) is 5.43. The zero-order chi connectivity index (χ0) is 20.4. The molecule has 1 aromatic heterocycles. The van der Waals surface area contributed by atoms with Crippen molar-refractivity contribution in [3.05, 3.63) is 53.6 Å². The second-order valence-electron chi connectivity index (χ2n) is 7.52. The van der Waals surface area contributed by atoms with Gasteiger partial charge in [-0.25, -0.2) is 4.98 Å². The minimum atomic E-state index is -0.650. The van der Waals surface area contributed by atoms with Gasteiger partial charge >= 0.3 is 0 Å². The molecule has 1 aromatic carbocycles. The van der Waals surface area contributed by atoms with Crippen LogP contribution in [-0.4, -0.2) is 51.3 Å². The van der Waals surface area contributed by atoms with Gasteiger partial charge in [-0.3, -0.25) is 14.4 Å². The first-order valence-electron chi connectivity index (χ1n) is 10.00. The van der Waals surface area contributed by atoms with Crippen LogP contribution in [0.5, 0.6) is 0 Å². The van der Waals surface area contributed by atoms with Crippen LogP contribution in [0, 0.1) is 6.92 Å². The fourth-order valence-electron chi connectivity index (χ4n) is 3.78. The molecule has 3 amide bonds. The van der Waals surface area contributed by atoms with Crippen LogP contribution >= 0.6 is 0 Å². The number of nitrogens with zero attached hydrogens (tertiary/aromatic N) is 3. The van der Waals surface area contributed by atoms with E-state index < -0.39 is 6.04 Å². The average molecular weight is 395 g/mol. The van der Waals surface area contributed by atoms with E-state index in [1.807, 2.05) is 29.8 Å². The first-order chi connectivity index (χ1) is 14.1. The Labute approximate surface area is 169 Å². The number of nitrogens with one attached hydrogen (secondary N) is 2. The molecule has 2 aromatic rings. The van der Waals surface area contributed by atoms with E-state index in [0.29, 0.717) is 12.1 Å². The standard InChI is InChI=1S/C21H25N5O3/c1-14-22-10-12-25(14)11-4-9-23-18(27)13-24-20(28)19-16-5-2-3-6-17(16)21(29)26(19)15-7-8-15/h2-3,5-6,10,12,15,19H,4,7-9,11,13H2,1H3,(H,23,27)(H,24,28). The van der Waals surface area contributed by atoms with Gasteiger partial charge in [0.1, 0.15) is 11.9 Å². The Morgan fingerprint density at radius 2 is 2.00 bits per heavy atom. The Morgan fingerprint density at radius 3 is 2.72 bits per heavy atom. The summed E-state index contributed by atoms with van der Waals surface area (Å²) in [6, 6.07) is 6.68. The number of carbonyl (C=O) groups is 3. The number of hydrogen-bond acceptors (Lipinski definition) is 4. The highest BCUT2D eigenvalue weighted by Crippen LogP contribution is 2.41. The third kappa shape index (κ3) is 4.01. The number of hydrogen-bond donors (Lipinski definition) is 2. The van der Waals surface area contributed by atoms with Gasteiger partial charge in [-0.15, -0.1) is 0 Å². The van der Waals surface area contributed by atoms with Gasteiger partial charge in [0.25, 0.3) is 5.91 Å². The first kappa shape index (κ1) is 19.2. The summed E-state index contributed by atoms with van der Waals surface area (Å²) in [5.41, 5.74) is 1.30. The summed E-state index contributed by atoms with van der Waals surface area (Å²) < 4.78 is 2.02. The van der Waals surface area contributed by atoms with E-state index in [4.69, 9.17) is 0 Å². The number of aromatic nitrogens is 2. The number of aryl methyl sites for hydroxylation is 2. The molecule has 4 rings (SSSR count). The zero-order valence-electron chi connectivity index (χ0n) is 16.4. The highest BCUT2D eigenvalue weighted by molar-refractivity contribution is 6.05. The summed E-state index contributed by atoms with van der Waals surface area (Å²) in [5.74, 6) is 0.299. The number of benzene rings is 1. The molecule has 1 atom stereocenters. The van der Waals surface area contributed by atoms with Crippen LogP contribution in [0.2, 0.25) is 0 Å². The first-order valence-corrected chi connectivity index (χ1v) is 10.00. The Kier molecular flexibility index (Phi) is 5.33. The predicted molar refractivity (Wildman–Crippen MR) is 106 cm³/mol. The zero-order valence-corrected chi connectivity index (χ0v) is 16.4. The maximum absolute atomic E-state index is 12.8. The highest BCUT2D eigenvalue weighted by atomic mass is 16.2. The lowest BCUT2D eigenvalue weighted by molar-refractivity contribution is -0.129. The van der Waals surface area contributed by atoms with Gasteiger partial charge in [-0.2, -0.15) is 0 Å². The molecule has 0 spiro atoms. The Hall–Kier alpha value is -3.16. The van der Waals surface area contributed by atoms with Crippen molar-refractivity contribution < 1.29 is 14.4 Å². The van der Waals surface area contributed by atoms with Crippen LogP contribution in [0.4, 0.5) is 0 Å². The lowest BCUT2D eigenvalue weighted by Gasteiger charge is -2.24. The smallest absolute Gasteiger partial charge is 0.255 e. The molecule has 1 fully saturated rings. The molecule has 1 aliphatic carbocycles. The summed E-state index contributed by atoms with van der Waals surface area (Å²) in [6.07, 6.45) is 6.27. The second kappa shape index (κ2) is 8.06. The maximum atomic E-state index is 12.8. The molecule has 1 saturated carbocycles. The lowest BCUT2D eigenvalue weighted by atomic mass is 10.0. The molecule has 1 aliphatic heterocycles. The van der Waals surface area contributed by atoms with Crippen molar-refractivity contribution in [2.24, 2.45) is 0 Å². The number of imidazole rings is 1. The maximum Gasteiger partial charge on any atom is 0.255 e. The molecular weight excluding hydrogens is 370 g/mol. The molecule has 29 heavy (non-hydrogen) atoms. The van der Waals surface area contributed by atoms with Crippen molar-refractivity contribution in [1.29, 1.82) is 0 Å². The van der Waals surface area contributed by atoms with Gasteiger partial charge < -0.3 is 20.1 Å². The second-order valence-corrected chi connectivity index (χ2v) is 7.52.